The number of rotatable bonds is 6. The molecule has 1 aromatic carbocycles. The monoisotopic (exact) mass is 435 g/mol. The summed E-state index contributed by atoms with van der Waals surface area (Å²) in [6, 6.07) is 8.57. The lowest BCUT2D eigenvalue weighted by molar-refractivity contribution is 0.565. The molecule has 0 bridgehead atoms. The zero-order valence-electron chi connectivity index (χ0n) is 15.3. The third kappa shape index (κ3) is 5.20. The molecule has 2 N–H and O–H groups in total. The molecule has 1 saturated heterocycles. The largest absolute Gasteiger partial charge is 0.371 e. The Kier molecular flexibility index (Phi) is 6.91. The van der Waals surface area contributed by atoms with Gasteiger partial charge in [0.05, 0.1) is 6.54 Å². The Morgan fingerprint density at radius 2 is 2.15 bits per heavy atom. The number of hydrogen-bond donors (Lipinski definition) is 2. The molecule has 5 nitrogen and oxygen atoms in total. The van der Waals surface area contributed by atoms with Crippen molar-refractivity contribution in [3.8, 4) is 0 Å². The Morgan fingerprint density at radius 1 is 1.35 bits per heavy atom. The molecule has 7 heteroatoms. The number of benzene rings is 1. The fraction of sp³-hybridized carbons (Fsp3) is 0.474. The van der Waals surface area contributed by atoms with Crippen molar-refractivity contribution >= 4 is 38.9 Å². The highest BCUT2D eigenvalue weighted by Gasteiger charge is 2.22. The van der Waals surface area contributed by atoms with Crippen LogP contribution in [-0.4, -0.2) is 37.6 Å². The number of thiazole rings is 1. The quantitative estimate of drug-likeness (QED) is 0.536. The Bertz CT molecular complexity index is 728. The van der Waals surface area contributed by atoms with Gasteiger partial charge in [0.15, 0.2) is 5.96 Å². The number of hydrogen-bond acceptors (Lipinski definition) is 4. The van der Waals surface area contributed by atoms with Crippen molar-refractivity contribution < 1.29 is 0 Å². The van der Waals surface area contributed by atoms with Crippen LogP contribution in [0.1, 0.15) is 23.2 Å². The first kappa shape index (κ1) is 19.2. The van der Waals surface area contributed by atoms with Crippen molar-refractivity contribution in [2.75, 3.05) is 31.6 Å². The van der Waals surface area contributed by atoms with E-state index in [0.717, 1.165) is 48.0 Å². The summed E-state index contributed by atoms with van der Waals surface area (Å²) in [6.07, 6.45) is 4.21. The minimum atomic E-state index is 0.628. The molecular weight excluding hydrogens is 410 g/mol. The van der Waals surface area contributed by atoms with Crippen LogP contribution in [0, 0.1) is 5.92 Å². The predicted molar refractivity (Wildman–Crippen MR) is 114 cm³/mol. The molecule has 0 saturated carbocycles. The van der Waals surface area contributed by atoms with Crippen molar-refractivity contribution in [3.63, 3.8) is 0 Å². The first-order valence-corrected chi connectivity index (χ1v) is 10.7. The van der Waals surface area contributed by atoms with E-state index in [2.05, 4.69) is 72.6 Å². The number of aliphatic imine (C=N–C) groups is 1. The van der Waals surface area contributed by atoms with Gasteiger partial charge in [-0.1, -0.05) is 22.9 Å². The minimum Gasteiger partial charge on any atom is -0.371 e. The van der Waals surface area contributed by atoms with E-state index in [1.807, 2.05) is 13.2 Å². The summed E-state index contributed by atoms with van der Waals surface area (Å²) in [5.41, 5.74) is 1.30. The van der Waals surface area contributed by atoms with Crippen LogP contribution < -0.4 is 15.5 Å². The van der Waals surface area contributed by atoms with E-state index >= 15 is 0 Å². The molecule has 1 atom stereocenters. The number of halogens is 1. The zero-order chi connectivity index (χ0) is 18.4. The number of nitrogens with zero attached hydrogens (tertiary/aromatic N) is 3. The van der Waals surface area contributed by atoms with E-state index < -0.39 is 0 Å². The van der Waals surface area contributed by atoms with Crippen LogP contribution in [0.5, 0.6) is 0 Å². The van der Waals surface area contributed by atoms with Gasteiger partial charge in [0.1, 0.15) is 5.01 Å². The first-order valence-electron chi connectivity index (χ1n) is 9.06. The van der Waals surface area contributed by atoms with E-state index in [1.54, 1.807) is 11.3 Å². The summed E-state index contributed by atoms with van der Waals surface area (Å²) in [5.74, 6) is 1.48. The molecule has 1 aliphatic rings. The number of guanidine groups is 1. The van der Waals surface area contributed by atoms with Crippen molar-refractivity contribution in [3.05, 3.63) is 44.8 Å². The van der Waals surface area contributed by atoms with Crippen LogP contribution in [0.4, 0.5) is 5.69 Å². The molecule has 140 valence electrons. The van der Waals surface area contributed by atoms with Gasteiger partial charge in [0.25, 0.3) is 0 Å². The standard InChI is InChI=1S/C19H26BrN5S/c1-3-17-11-22-18(26-17)12-24-19(21-2)23-10-14-8-9-25(13-14)16-6-4-15(20)5-7-16/h4-7,11,14H,3,8-10,12-13H2,1-2H3,(H2,21,23,24). The fourth-order valence-electron chi connectivity index (χ4n) is 3.10. The molecule has 0 radical (unpaired) electrons. The number of nitrogens with one attached hydrogen (secondary N) is 2. The lowest BCUT2D eigenvalue weighted by atomic mass is 10.1. The molecule has 2 heterocycles. The van der Waals surface area contributed by atoms with Gasteiger partial charge in [-0.3, -0.25) is 4.99 Å². The average molecular weight is 436 g/mol. The molecule has 0 spiro atoms. The van der Waals surface area contributed by atoms with Crippen LogP contribution in [0.25, 0.3) is 0 Å². The number of aromatic nitrogens is 1. The lowest BCUT2D eigenvalue weighted by Crippen LogP contribution is -2.39. The summed E-state index contributed by atoms with van der Waals surface area (Å²) in [6.45, 7) is 6.01. The third-order valence-corrected chi connectivity index (χ3v) is 6.29. The molecule has 1 fully saturated rings. The highest BCUT2D eigenvalue weighted by Crippen LogP contribution is 2.25. The van der Waals surface area contributed by atoms with E-state index in [9.17, 15) is 0 Å². The van der Waals surface area contributed by atoms with Gasteiger partial charge in [-0.25, -0.2) is 4.98 Å². The third-order valence-electron chi connectivity index (χ3n) is 4.62. The summed E-state index contributed by atoms with van der Waals surface area (Å²) in [5, 5.41) is 7.93. The van der Waals surface area contributed by atoms with Crippen LogP contribution in [0.2, 0.25) is 0 Å². The highest BCUT2D eigenvalue weighted by molar-refractivity contribution is 9.10. The molecular formula is C19H26BrN5S. The summed E-state index contributed by atoms with van der Waals surface area (Å²) >= 11 is 5.26. The topological polar surface area (TPSA) is 52.6 Å². The zero-order valence-corrected chi connectivity index (χ0v) is 17.7. The molecule has 26 heavy (non-hydrogen) atoms. The van der Waals surface area contributed by atoms with Gasteiger partial charge in [0, 0.05) is 47.9 Å². The van der Waals surface area contributed by atoms with Gasteiger partial charge in [0.2, 0.25) is 0 Å². The summed E-state index contributed by atoms with van der Waals surface area (Å²) in [7, 11) is 1.82. The molecule has 1 aromatic heterocycles. The van der Waals surface area contributed by atoms with Crippen molar-refractivity contribution in [1.82, 2.24) is 15.6 Å². The Hall–Kier alpha value is -1.60. The maximum absolute atomic E-state index is 4.44. The fourth-order valence-corrected chi connectivity index (χ4v) is 4.17. The second kappa shape index (κ2) is 9.37. The second-order valence-electron chi connectivity index (χ2n) is 6.46. The van der Waals surface area contributed by atoms with E-state index in [1.165, 1.54) is 17.0 Å². The SMILES string of the molecule is CCc1cnc(CNC(=NC)NCC2CCN(c3ccc(Br)cc3)C2)s1. The van der Waals surface area contributed by atoms with Gasteiger partial charge in [-0.05, 0) is 43.0 Å². The van der Waals surface area contributed by atoms with E-state index in [0.29, 0.717) is 5.92 Å². The Labute approximate surface area is 168 Å². The number of aryl methyl sites for hydroxylation is 1. The molecule has 2 aromatic rings. The van der Waals surface area contributed by atoms with Crippen LogP contribution >= 0.6 is 27.3 Å². The lowest BCUT2D eigenvalue weighted by Gasteiger charge is -2.19. The first-order chi connectivity index (χ1) is 12.7. The maximum atomic E-state index is 4.44. The van der Waals surface area contributed by atoms with Gasteiger partial charge >= 0.3 is 0 Å². The summed E-state index contributed by atoms with van der Waals surface area (Å²) in [4.78, 5) is 12.6. The van der Waals surface area contributed by atoms with Crippen molar-refractivity contribution in [1.29, 1.82) is 0 Å². The smallest absolute Gasteiger partial charge is 0.191 e. The van der Waals surface area contributed by atoms with E-state index in [-0.39, 0.29) is 0 Å². The normalized spacial score (nSPS) is 17.6. The van der Waals surface area contributed by atoms with Crippen molar-refractivity contribution in [2.45, 2.75) is 26.3 Å². The molecule has 1 unspecified atom stereocenters. The molecule has 0 aliphatic carbocycles. The summed E-state index contributed by atoms with van der Waals surface area (Å²) < 4.78 is 1.12. The van der Waals surface area contributed by atoms with Crippen LogP contribution in [0.15, 0.2) is 39.9 Å². The maximum Gasteiger partial charge on any atom is 0.191 e. The van der Waals surface area contributed by atoms with Gasteiger partial charge < -0.3 is 15.5 Å². The van der Waals surface area contributed by atoms with Gasteiger partial charge in [-0.2, -0.15) is 0 Å². The predicted octanol–water partition coefficient (Wildman–Crippen LogP) is 3.66. The minimum absolute atomic E-state index is 0.628. The van der Waals surface area contributed by atoms with Crippen LogP contribution in [-0.2, 0) is 13.0 Å². The average Bonchev–Trinajstić information content (AvgIpc) is 3.32. The second-order valence-corrected chi connectivity index (χ2v) is 8.57. The highest BCUT2D eigenvalue weighted by atomic mass is 79.9. The molecule has 1 aliphatic heterocycles. The Morgan fingerprint density at radius 3 is 2.85 bits per heavy atom. The molecule has 0 amide bonds. The van der Waals surface area contributed by atoms with Crippen LogP contribution in [0.3, 0.4) is 0 Å². The number of anilines is 1. The van der Waals surface area contributed by atoms with Gasteiger partial charge in [-0.15, -0.1) is 11.3 Å². The van der Waals surface area contributed by atoms with Crippen molar-refractivity contribution in [2.24, 2.45) is 10.9 Å². The van der Waals surface area contributed by atoms with E-state index in [4.69, 9.17) is 0 Å². The molecule has 3 rings (SSSR count). The Balaban J connectivity index is 1.43.